The zero-order chi connectivity index (χ0) is 25.2. The van der Waals surface area contributed by atoms with Gasteiger partial charge in [-0.15, -0.1) is 0 Å². The second-order valence-electron chi connectivity index (χ2n) is 8.46. The van der Waals surface area contributed by atoms with Crippen molar-refractivity contribution in [3.05, 3.63) is 140 Å². The Bertz CT molecular complexity index is 1570. The van der Waals surface area contributed by atoms with Gasteiger partial charge in [-0.1, -0.05) is 53.5 Å². The highest BCUT2D eigenvalue weighted by atomic mass is 35.5. The number of nitrogens with one attached hydrogen (secondary N) is 2. The molecule has 0 aliphatic rings. The van der Waals surface area contributed by atoms with Gasteiger partial charge >= 0.3 is 0 Å². The molecule has 5 nitrogen and oxygen atoms in total. The Hall–Kier alpha value is -4.06. The number of H-pyrrole nitrogens is 1. The molecule has 4 N–H and O–H groups in total. The first-order valence-electron chi connectivity index (χ1n) is 11.2. The number of fused-ring (bicyclic) bond motifs is 1. The smallest absolute Gasteiger partial charge is 0.250 e. The quantitative estimate of drug-likeness (QED) is 0.217. The fourth-order valence-corrected chi connectivity index (χ4v) is 4.57. The average Bonchev–Trinajstić information content (AvgIpc) is 2.87. The number of hydrogen-bond acceptors (Lipinski definition) is 3. The Labute approximate surface area is 217 Å². The lowest BCUT2D eigenvalue weighted by molar-refractivity contribution is 0.100. The van der Waals surface area contributed by atoms with Crippen LogP contribution in [-0.4, -0.2) is 10.9 Å². The Morgan fingerprint density at radius 1 is 0.750 bits per heavy atom. The molecule has 0 radical (unpaired) electrons. The van der Waals surface area contributed by atoms with E-state index < -0.39 is 5.91 Å². The molecule has 5 aromatic rings. The van der Waals surface area contributed by atoms with Gasteiger partial charge < -0.3 is 16.0 Å². The number of rotatable bonds is 6. The summed E-state index contributed by atoms with van der Waals surface area (Å²) in [5.41, 5.74) is 10.8. The van der Waals surface area contributed by atoms with E-state index >= 15 is 0 Å². The standard InChI is InChI=1S/C29H21Cl2N3O2/c30-21-8-1-17(2-9-21)28(18-3-10-22(31)11-4-18)20-7-14-25-24(15-20)26(16-27(35)34-25)33-23-12-5-19(6-13-23)29(32)36/h1-16,28H,(H2,32,36)(H2,33,34,35). The van der Waals surface area contributed by atoms with Crippen molar-refractivity contribution in [3.63, 3.8) is 0 Å². The minimum Gasteiger partial charge on any atom is -0.366 e. The topological polar surface area (TPSA) is 88.0 Å². The van der Waals surface area contributed by atoms with Crippen LogP contribution in [0.3, 0.4) is 0 Å². The molecule has 0 saturated heterocycles. The van der Waals surface area contributed by atoms with Crippen molar-refractivity contribution in [2.75, 3.05) is 5.32 Å². The van der Waals surface area contributed by atoms with Crippen LogP contribution in [0.25, 0.3) is 10.9 Å². The van der Waals surface area contributed by atoms with E-state index in [1.54, 1.807) is 24.3 Å². The van der Waals surface area contributed by atoms with Crippen molar-refractivity contribution >= 4 is 51.4 Å². The van der Waals surface area contributed by atoms with E-state index in [0.29, 0.717) is 26.8 Å². The van der Waals surface area contributed by atoms with Gasteiger partial charge in [-0.2, -0.15) is 0 Å². The lowest BCUT2D eigenvalue weighted by Crippen LogP contribution is -2.10. The van der Waals surface area contributed by atoms with Crippen LogP contribution in [0, 0.1) is 0 Å². The number of halogens is 2. The highest BCUT2D eigenvalue weighted by Crippen LogP contribution is 2.36. The minimum atomic E-state index is -0.497. The fourth-order valence-electron chi connectivity index (χ4n) is 4.32. The number of pyridine rings is 1. The summed E-state index contributed by atoms with van der Waals surface area (Å²) in [6, 6.07) is 29.8. The Kier molecular flexibility index (Phi) is 6.51. The number of primary amides is 1. The van der Waals surface area contributed by atoms with Gasteiger partial charge in [-0.25, -0.2) is 0 Å². The summed E-state index contributed by atoms with van der Waals surface area (Å²) in [6.07, 6.45) is 0. The zero-order valence-corrected chi connectivity index (χ0v) is 20.5. The molecule has 1 amide bonds. The molecule has 0 aliphatic heterocycles. The van der Waals surface area contributed by atoms with Gasteiger partial charge in [0.25, 0.3) is 0 Å². The molecule has 178 valence electrons. The van der Waals surface area contributed by atoms with Gasteiger partial charge in [-0.05, 0) is 77.4 Å². The normalized spacial score (nSPS) is 11.1. The van der Waals surface area contributed by atoms with Crippen LogP contribution in [-0.2, 0) is 0 Å². The third kappa shape index (κ3) is 4.98. The number of anilines is 2. The van der Waals surface area contributed by atoms with E-state index in [4.69, 9.17) is 28.9 Å². The molecular weight excluding hydrogens is 493 g/mol. The maximum Gasteiger partial charge on any atom is 0.250 e. The molecule has 0 atom stereocenters. The van der Waals surface area contributed by atoms with Gasteiger partial charge in [0.15, 0.2) is 0 Å². The molecule has 1 heterocycles. The second kappa shape index (κ2) is 9.90. The highest BCUT2D eigenvalue weighted by Gasteiger charge is 2.18. The van der Waals surface area contributed by atoms with Crippen LogP contribution < -0.4 is 16.6 Å². The first-order valence-corrected chi connectivity index (χ1v) is 12.0. The van der Waals surface area contributed by atoms with Gasteiger partial charge in [0, 0.05) is 38.7 Å². The maximum atomic E-state index is 12.4. The van der Waals surface area contributed by atoms with E-state index in [9.17, 15) is 9.59 Å². The van der Waals surface area contributed by atoms with Crippen LogP contribution in [0.15, 0.2) is 102 Å². The first-order chi connectivity index (χ1) is 17.4. The minimum absolute atomic E-state index is 0.0847. The molecule has 0 bridgehead atoms. The molecule has 0 saturated carbocycles. The van der Waals surface area contributed by atoms with E-state index in [1.807, 2.05) is 60.7 Å². The lowest BCUT2D eigenvalue weighted by atomic mass is 9.84. The summed E-state index contributed by atoms with van der Waals surface area (Å²) in [5.74, 6) is -0.582. The summed E-state index contributed by atoms with van der Waals surface area (Å²) in [7, 11) is 0. The van der Waals surface area contributed by atoms with E-state index in [1.165, 1.54) is 6.07 Å². The molecule has 0 aliphatic carbocycles. The van der Waals surface area contributed by atoms with Gasteiger partial charge in [0.1, 0.15) is 0 Å². The molecule has 0 spiro atoms. The Morgan fingerprint density at radius 3 is 1.86 bits per heavy atom. The molecule has 4 aromatic carbocycles. The number of aromatic nitrogens is 1. The molecule has 0 fully saturated rings. The summed E-state index contributed by atoms with van der Waals surface area (Å²) in [5, 5.41) is 5.48. The summed E-state index contributed by atoms with van der Waals surface area (Å²) < 4.78 is 0. The van der Waals surface area contributed by atoms with Gasteiger partial charge in [-0.3, -0.25) is 9.59 Å². The number of carbonyl (C=O) groups is 1. The molecule has 5 rings (SSSR count). The van der Waals surface area contributed by atoms with Crippen molar-refractivity contribution in [1.29, 1.82) is 0 Å². The largest absolute Gasteiger partial charge is 0.366 e. The Morgan fingerprint density at radius 2 is 1.31 bits per heavy atom. The van der Waals surface area contributed by atoms with Crippen molar-refractivity contribution < 1.29 is 4.79 Å². The monoisotopic (exact) mass is 513 g/mol. The van der Waals surface area contributed by atoms with E-state index in [0.717, 1.165) is 27.8 Å². The third-order valence-electron chi connectivity index (χ3n) is 6.06. The number of aromatic amines is 1. The second-order valence-corrected chi connectivity index (χ2v) is 9.33. The lowest BCUT2D eigenvalue weighted by Gasteiger charge is -2.20. The van der Waals surface area contributed by atoms with Crippen LogP contribution in [0.1, 0.15) is 33.0 Å². The highest BCUT2D eigenvalue weighted by molar-refractivity contribution is 6.30. The predicted octanol–water partition coefficient (Wildman–Crippen LogP) is 6.86. The van der Waals surface area contributed by atoms with Crippen molar-refractivity contribution in [2.45, 2.75) is 5.92 Å². The number of hydrogen-bond donors (Lipinski definition) is 3. The van der Waals surface area contributed by atoms with Gasteiger partial charge in [0.05, 0.1) is 11.2 Å². The van der Waals surface area contributed by atoms with Crippen molar-refractivity contribution in [1.82, 2.24) is 4.98 Å². The number of nitrogens with two attached hydrogens (primary N) is 1. The summed E-state index contributed by atoms with van der Waals surface area (Å²) in [6.45, 7) is 0. The third-order valence-corrected chi connectivity index (χ3v) is 6.56. The van der Waals surface area contributed by atoms with Gasteiger partial charge in [0.2, 0.25) is 11.5 Å². The van der Waals surface area contributed by atoms with Crippen LogP contribution in [0.4, 0.5) is 11.4 Å². The SMILES string of the molecule is NC(=O)c1ccc(Nc2cc(=O)[nH]c3ccc(C(c4ccc(Cl)cc4)c4ccc(Cl)cc4)cc23)cc1. The molecule has 1 aromatic heterocycles. The molecule has 36 heavy (non-hydrogen) atoms. The average molecular weight is 514 g/mol. The number of benzene rings is 4. The van der Waals surface area contributed by atoms with Crippen molar-refractivity contribution in [3.8, 4) is 0 Å². The van der Waals surface area contributed by atoms with E-state index in [2.05, 4.69) is 16.4 Å². The van der Waals surface area contributed by atoms with Crippen molar-refractivity contribution in [2.24, 2.45) is 5.73 Å². The molecule has 0 unspecified atom stereocenters. The number of amides is 1. The van der Waals surface area contributed by atoms with E-state index in [-0.39, 0.29) is 11.5 Å². The first kappa shape index (κ1) is 23.7. The maximum absolute atomic E-state index is 12.4. The summed E-state index contributed by atoms with van der Waals surface area (Å²) in [4.78, 5) is 26.7. The van der Waals surface area contributed by atoms with Crippen LogP contribution >= 0.6 is 23.2 Å². The van der Waals surface area contributed by atoms with Crippen LogP contribution in [0.5, 0.6) is 0 Å². The predicted molar refractivity (Wildman–Crippen MR) is 147 cm³/mol. The molecular formula is C29H21Cl2N3O2. The molecule has 7 heteroatoms. The number of carbonyl (C=O) groups excluding carboxylic acids is 1. The Balaban J connectivity index is 1.63. The zero-order valence-electron chi connectivity index (χ0n) is 19.0. The summed E-state index contributed by atoms with van der Waals surface area (Å²) >= 11 is 12.3. The van der Waals surface area contributed by atoms with Crippen LogP contribution in [0.2, 0.25) is 10.0 Å². The fraction of sp³-hybridized carbons (Fsp3) is 0.0345.